The molecular weight excluding hydrogens is 424 g/mol. The van der Waals surface area contributed by atoms with E-state index in [0.717, 1.165) is 17.0 Å². The van der Waals surface area contributed by atoms with Gasteiger partial charge in [0.15, 0.2) is 15.0 Å². The molecular formula is C21H22N2O5S2. The van der Waals surface area contributed by atoms with E-state index in [2.05, 4.69) is 4.99 Å². The van der Waals surface area contributed by atoms with Crippen molar-refractivity contribution in [2.75, 3.05) is 30.6 Å². The molecule has 2 aromatic carbocycles. The summed E-state index contributed by atoms with van der Waals surface area (Å²) < 4.78 is 34.7. The standard InChI is InChI=1S/C21H22N2O5S2/c1-27-16-7-3-14(4-8-16)11-20(24)22-21-23(15-5-9-17(28-2)10-6-15)18-12-30(25,26)13-19(18)29-21/h3-10,18-19H,11-13H2,1-2H3. The molecule has 30 heavy (non-hydrogen) atoms. The fourth-order valence-electron chi connectivity index (χ4n) is 3.67. The molecule has 0 radical (unpaired) electrons. The molecule has 0 aromatic heterocycles. The van der Waals surface area contributed by atoms with Gasteiger partial charge in [-0.25, -0.2) is 8.42 Å². The number of carbonyl (C=O) groups is 1. The van der Waals surface area contributed by atoms with Gasteiger partial charge in [0.05, 0.1) is 38.2 Å². The fourth-order valence-corrected chi connectivity index (χ4v) is 7.60. The second-order valence-electron chi connectivity index (χ2n) is 7.18. The van der Waals surface area contributed by atoms with Gasteiger partial charge in [0.1, 0.15) is 11.5 Å². The lowest BCUT2D eigenvalue weighted by molar-refractivity contribution is -0.117. The fraction of sp³-hybridized carbons (Fsp3) is 0.333. The summed E-state index contributed by atoms with van der Waals surface area (Å²) in [5.74, 6) is 1.31. The minimum absolute atomic E-state index is 0.0579. The Morgan fingerprint density at radius 1 is 1.03 bits per heavy atom. The molecule has 1 amide bonds. The van der Waals surface area contributed by atoms with E-state index in [0.29, 0.717) is 10.9 Å². The van der Waals surface area contributed by atoms with Gasteiger partial charge >= 0.3 is 0 Å². The summed E-state index contributed by atoms with van der Waals surface area (Å²) in [6, 6.07) is 14.4. The molecule has 9 heteroatoms. The zero-order valence-corrected chi connectivity index (χ0v) is 18.3. The van der Waals surface area contributed by atoms with Crippen LogP contribution >= 0.6 is 11.8 Å². The van der Waals surface area contributed by atoms with Gasteiger partial charge < -0.3 is 14.4 Å². The maximum absolute atomic E-state index is 12.7. The largest absolute Gasteiger partial charge is 0.497 e. The summed E-state index contributed by atoms with van der Waals surface area (Å²) in [6.07, 6.45) is 0.165. The number of rotatable bonds is 5. The highest BCUT2D eigenvalue weighted by Gasteiger charge is 2.49. The zero-order chi connectivity index (χ0) is 21.3. The maximum Gasteiger partial charge on any atom is 0.252 e. The van der Waals surface area contributed by atoms with Crippen LogP contribution in [-0.4, -0.2) is 56.5 Å². The Morgan fingerprint density at radius 2 is 1.63 bits per heavy atom. The maximum atomic E-state index is 12.7. The summed E-state index contributed by atoms with van der Waals surface area (Å²) >= 11 is 1.37. The Morgan fingerprint density at radius 3 is 2.23 bits per heavy atom. The first kappa shape index (κ1) is 20.7. The van der Waals surface area contributed by atoms with Crippen molar-refractivity contribution >= 4 is 38.4 Å². The van der Waals surface area contributed by atoms with Crippen LogP contribution in [0.4, 0.5) is 5.69 Å². The van der Waals surface area contributed by atoms with Crippen molar-refractivity contribution in [1.82, 2.24) is 0 Å². The first-order chi connectivity index (χ1) is 14.4. The number of methoxy groups -OCH3 is 2. The summed E-state index contributed by atoms with van der Waals surface area (Å²) in [6.45, 7) is 0. The van der Waals surface area contributed by atoms with Crippen LogP contribution in [0.3, 0.4) is 0 Å². The quantitative estimate of drug-likeness (QED) is 0.698. The number of amides is 1. The van der Waals surface area contributed by atoms with E-state index < -0.39 is 9.84 Å². The van der Waals surface area contributed by atoms with Gasteiger partial charge in [-0.3, -0.25) is 4.79 Å². The molecule has 4 rings (SSSR count). The Labute approximate surface area is 180 Å². The molecule has 2 saturated heterocycles. The van der Waals surface area contributed by atoms with Crippen molar-refractivity contribution in [1.29, 1.82) is 0 Å². The summed E-state index contributed by atoms with van der Waals surface area (Å²) in [5, 5.41) is 0.410. The van der Waals surface area contributed by atoms with E-state index in [1.807, 2.05) is 41.3 Å². The number of anilines is 1. The Kier molecular flexibility index (Phi) is 5.75. The minimum atomic E-state index is -3.11. The second-order valence-corrected chi connectivity index (χ2v) is 10.5. The number of benzene rings is 2. The summed E-state index contributed by atoms with van der Waals surface area (Å²) in [4.78, 5) is 18.9. The summed E-state index contributed by atoms with van der Waals surface area (Å²) in [7, 11) is 0.0745. The zero-order valence-electron chi connectivity index (χ0n) is 16.6. The van der Waals surface area contributed by atoms with Crippen LogP contribution in [0.5, 0.6) is 11.5 Å². The number of carbonyl (C=O) groups excluding carboxylic acids is 1. The van der Waals surface area contributed by atoms with E-state index >= 15 is 0 Å². The Bertz CT molecular complexity index is 1070. The van der Waals surface area contributed by atoms with Crippen molar-refractivity contribution in [3.63, 3.8) is 0 Å². The first-order valence-corrected chi connectivity index (χ1v) is 12.1. The van der Waals surface area contributed by atoms with Crippen molar-refractivity contribution in [3.05, 3.63) is 54.1 Å². The minimum Gasteiger partial charge on any atom is -0.497 e. The molecule has 0 spiro atoms. The number of nitrogens with zero attached hydrogens (tertiary/aromatic N) is 2. The topological polar surface area (TPSA) is 85.3 Å². The molecule has 2 aliphatic rings. The van der Waals surface area contributed by atoms with Gasteiger partial charge in [-0.2, -0.15) is 4.99 Å². The van der Waals surface area contributed by atoms with E-state index in [1.54, 1.807) is 26.4 Å². The molecule has 0 N–H and O–H groups in total. The molecule has 2 fully saturated rings. The van der Waals surface area contributed by atoms with Crippen molar-refractivity contribution in [2.45, 2.75) is 17.7 Å². The molecule has 2 aliphatic heterocycles. The molecule has 158 valence electrons. The number of thioether (sulfide) groups is 1. The lowest BCUT2D eigenvalue weighted by atomic mass is 10.1. The van der Waals surface area contributed by atoms with Crippen LogP contribution in [0.2, 0.25) is 0 Å². The third-order valence-electron chi connectivity index (χ3n) is 5.15. The lowest BCUT2D eigenvalue weighted by Crippen LogP contribution is -2.37. The molecule has 2 atom stereocenters. The van der Waals surface area contributed by atoms with Crippen molar-refractivity contribution in [3.8, 4) is 11.5 Å². The first-order valence-electron chi connectivity index (χ1n) is 9.43. The smallest absolute Gasteiger partial charge is 0.252 e. The Hall–Kier alpha value is -2.52. The normalized spacial score (nSPS) is 23.4. The van der Waals surface area contributed by atoms with E-state index in [1.165, 1.54) is 11.8 Å². The predicted octanol–water partition coefficient (Wildman–Crippen LogP) is 2.55. The lowest BCUT2D eigenvalue weighted by Gasteiger charge is -2.24. The molecule has 0 aliphatic carbocycles. The number of aliphatic imine (C=N–C) groups is 1. The number of fused-ring (bicyclic) bond motifs is 1. The average molecular weight is 447 g/mol. The molecule has 2 unspecified atom stereocenters. The highest BCUT2D eigenvalue weighted by atomic mass is 32.2. The second kappa shape index (κ2) is 8.31. The van der Waals surface area contributed by atoms with E-state index in [9.17, 15) is 13.2 Å². The molecule has 0 bridgehead atoms. The Balaban J connectivity index is 1.60. The predicted molar refractivity (Wildman–Crippen MR) is 118 cm³/mol. The molecule has 2 heterocycles. The third kappa shape index (κ3) is 4.32. The van der Waals surface area contributed by atoms with E-state index in [-0.39, 0.29) is 35.1 Å². The van der Waals surface area contributed by atoms with Gasteiger partial charge in [0, 0.05) is 10.9 Å². The van der Waals surface area contributed by atoms with Gasteiger partial charge in [-0.05, 0) is 42.0 Å². The third-order valence-corrected chi connectivity index (χ3v) is 8.36. The number of hydrogen-bond donors (Lipinski definition) is 0. The van der Waals surface area contributed by atoms with Gasteiger partial charge in [-0.1, -0.05) is 23.9 Å². The highest BCUT2D eigenvalue weighted by molar-refractivity contribution is 8.16. The van der Waals surface area contributed by atoms with Gasteiger partial charge in [-0.15, -0.1) is 0 Å². The molecule has 2 aromatic rings. The van der Waals surface area contributed by atoms with Crippen LogP contribution in [0.25, 0.3) is 0 Å². The monoisotopic (exact) mass is 446 g/mol. The number of ether oxygens (including phenoxy) is 2. The van der Waals surface area contributed by atoms with Crippen LogP contribution in [0, 0.1) is 0 Å². The van der Waals surface area contributed by atoms with Crippen LogP contribution in [0.15, 0.2) is 53.5 Å². The van der Waals surface area contributed by atoms with Gasteiger partial charge in [0.2, 0.25) is 0 Å². The highest BCUT2D eigenvalue weighted by Crippen LogP contribution is 2.41. The van der Waals surface area contributed by atoms with Crippen molar-refractivity contribution < 1.29 is 22.7 Å². The van der Waals surface area contributed by atoms with Crippen LogP contribution in [-0.2, 0) is 21.1 Å². The number of amidine groups is 1. The van der Waals surface area contributed by atoms with Crippen molar-refractivity contribution in [2.24, 2.45) is 4.99 Å². The average Bonchev–Trinajstić information content (AvgIpc) is 3.19. The SMILES string of the molecule is COc1ccc(CC(=O)N=C2SC3CS(=O)(=O)CC3N2c2ccc(OC)cc2)cc1. The van der Waals surface area contributed by atoms with Crippen LogP contribution < -0.4 is 14.4 Å². The molecule has 0 saturated carbocycles. The number of sulfone groups is 1. The summed E-state index contributed by atoms with van der Waals surface area (Å²) in [5.41, 5.74) is 1.64. The molecule has 7 nitrogen and oxygen atoms in total. The van der Waals surface area contributed by atoms with Crippen LogP contribution in [0.1, 0.15) is 5.56 Å². The number of hydrogen-bond acceptors (Lipinski definition) is 6. The van der Waals surface area contributed by atoms with E-state index in [4.69, 9.17) is 9.47 Å². The van der Waals surface area contributed by atoms with Gasteiger partial charge in [0.25, 0.3) is 5.91 Å².